The van der Waals surface area contributed by atoms with E-state index in [0.29, 0.717) is 10.9 Å². The predicted molar refractivity (Wildman–Crippen MR) is 78.9 cm³/mol. The van der Waals surface area contributed by atoms with E-state index in [1.807, 2.05) is 0 Å². The predicted octanol–water partition coefficient (Wildman–Crippen LogP) is 5.07. The SMILES string of the molecule is Cc1cc(C(Br)C2CCCCO2)c(C)cc1Br. The molecule has 0 aliphatic carbocycles. The Kier molecular flexibility index (Phi) is 4.67. The van der Waals surface area contributed by atoms with Gasteiger partial charge in [-0.2, -0.15) is 0 Å². The van der Waals surface area contributed by atoms with Crippen molar-refractivity contribution in [1.29, 1.82) is 0 Å². The lowest BCUT2D eigenvalue weighted by atomic mass is 9.96. The second-order valence-corrected chi connectivity index (χ2v) is 6.61. The van der Waals surface area contributed by atoms with Gasteiger partial charge < -0.3 is 4.74 Å². The second-order valence-electron chi connectivity index (χ2n) is 4.76. The standard InChI is InChI=1S/C14H18Br2O/c1-9-8-12(15)10(2)7-11(9)14(16)13-5-3-4-6-17-13/h7-8,13-14H,3-6H2,1-2H3. The first-order chi connectivity index (χ1) is 8.09. The maximum absolute atomic E-state index is 5.86. The molecule has 1 heterocycles. The van der Waals surface area contributed by atoms with E-state index in [4.69, 9.17) is 4.74 Å². The number of hydrogen-bond acceptors (Lipinski definition) is 1. The highest BCUT2D eigenvalue weighted by Crippen LogP contribution is 2.36. The molecule has 0 N–H and O–H groups in total. The molecule has 1 fully saturated rings. The summed E-state index contributed by atoms with van der Waals surface area (Å²) in [7, 11) is 0. The van der Waals surface area contributed by atoms with Gasteiger partial charge in [-0.3, -0.25) is 0 Å². The van der Waals surface area contributed by atoms with Gasteiger partial charge in [-0.15, -0.1) is 0 Å². The molecule has 1 aliphatic heterocycles. The Balaban J connectivity index is 2.23. The van der Waals surface area contributed by atoms with Crippen LogP contribution in [0.5, 0.6) is 0 Å². The molecule has 3 heteroatoms. The first kappa shape index (κ1) is 13.6. The number of halogens is 2. The molecule has 0 saturated carbocycles. The minimum Gasteiger partial charge on any atom is -0.377 e. The zero-order valence-electron chi connectivity index (χ0n) is 10.3. The third kappa shape index (κ3) is 3.12. The van der Waals surface area contributed by atoms with Gasteiger partial charge in [0, 0.05) is 11.1 Å². The molecular formula is C14H18Br2O. The minimum absolute atomic E-state index is 0.314. The van der Waals surface area contributed by atoms with Crippen LogP contribution in [0.1, 0.15) is 40.8 Å². The van der Waals surface area contributed by atoms with Crippen molar-refractivity contribution in [2.75, 3.05) is 6.61 Å². The molecule has 2 atom stereocenters. The first-order valence-corrected chi connectivity index (χ1v) is 7.83. The van der Waals surface area contributed by atoms with Crippen molar-refractivity contribution in [1.82, 2.24) is 0 Å². The average molecular weight is 362 g/mol. The summed E-state index contributed by atoms with van der Waals surface area (Å²) < 4.78 is 7.04. The fourth-order valence-electron chi connectivity index (χ4n) is 2.30. The quantitative estimate of drug-likeness (QED) is 0.668. The molecule has 1 aromatic rings. The summed E-state index contributed by atoms with van der Waals surface area (Å²) in [5.74, 6) is 0. The van der Waals surface area contributed by atoms with E-state index in [-0.39, 0.29) is 0 Å². The van der Waals surface area contributed by atoms with Crippen LogP contribution >= 0.6 is 31.9 Å². The summed E-state index contributed by atoms with van der Waals surface area (Å²) >= 11 is 7.40. The van der Waals surface area contributed by atoms with Crippen molar-refractivity contribution in [3.05, 3.63) is 33.3 Å². The zero-order chi connectivity index (χ0) is 12.4. The zero-order valence-corrected chi connectivity index (χ0v) is 13.5. The van der Waals surface area contributed by atoms with E-state index in [1.54, 1.807) is 0 Å². The number of alkyl halides is 1. The van der Waals surface area contributed by atoms with E-state index in [1.165, 1.54) is 34.0 Å². The molecule has 1 nitrogen and oxygen atoms in total. The minimum atomic E-state index is 0.314. The lowest BCUT2D eigenvalue weighted by Crippen LogP contribution is -2.23. The molecule has 94 valence electrons. The van der Waals surface area contributed by atoms with Crippen LogP contribution in [0.15, 0.2) is 16.6 Å². The van der Waals surface area contributed by atoms with Gasteiger partial charge in [0.25, 0.3) is 0 Å². The molecule has 0 bridgehead atoms. The van der Waals surface area contributed by atoms with Crippen molar-refractivity contribution in [2.45, 2.75) is 44.0 Å². The third-order valence-electron chi connectivity index (χ3n) is 3.39. The fraction of sp³-hybridized carbons (Fsp3) is 0.571. The highest BCUT2D eigenvalue weighted by Gasteiger charge is 2.25. The van der Waals surface area contributed by atoms with Gasteiger partial charge in [0.2, 0.25) is 0 Å². The van der Waals surface area contributed by atoms with E-state index in [0.717, 1.165) is 13.0 Å². The lowest BCUT2D eigenvalue weighted by molar-refractivity contribution is 0.0159. The largest absolute Gasteiger partial charge is 0.377 e. The molecule has 0 spiro atoms. The Morgan fingerprint density at radius 1 is 1.24 bits per heavy atom. The maximum Gasteiger partial charge on any atom is 0.0741 e. The van der Waals surface area contributed by atoms with Crippen molar-refractivity contribution in [3.63, 3.8) is 0 Å². The van der Waals surface area contributed by atoms with Gasteiger partial charge in [-0.25, -0.2) is 0 Å². The maximum atomic E-state index is 5.86. The smallest absolute Gasteiger partial charge is 0.0741 e. The Morgan fingerprint density at radius 2 is 2.00 bits per heavy atom. The molecule has 0 amide bonds. The number of ether oxygens (including phenoxy) is 1. The van der Waals surface area contributed by atoms with E-state index in [2.05, 4.69) is 57.8 Å². The fourth-order valence-corrected chi connectivity index (χ4v) is 3.67. The number of hydrogen-bond donors (Lipinski definition) is 0. The summed E-state index contributed by atoms with van der Waals surface area (Å²) in [5.41, 5.74) is 3.96. The number of benzene rings is 1. The Labute approximate surface area is 120 Å². The number of aryl methyl sites for hydroxylation is 2. The van der Waals surface area contributed by atoms with Gasteiger partial charge in [-0.05, 0) is 55.9 Å². The second kappa shape index (κ2) is 5.85. The molecular weight excluding hydrogens is 344 g/mol. The van der Waals surface area contributed by atoms with Crippen LogP contribution in [-0.2, 0) is 4.74 Å². The van der Waals surface area contributed by atoms with Gasteiger partial charge in [0.05, 0.1) is 10.9 Å². The third-order valence-corrected chi connectivity index (χ3v) is 5.32. The number of rotatable bonds is 2. The monoisotopic (exact) mass is 360 g/mol. The summed E-state index contributed by atoms with van der Waals surface area (Å²) in [5, 5.41) is 0. The van der Waals surface area contributed by atoms with E-state index >= 15 is 0 Å². The normalized spacial score (nSPS) is 22.5. The topological polar surface area (TPSA) is 9.23 Å². The van der Waals surface area contributed by atoms with Crippen LogP contribution in [-0.4, -0.2) is 12.7 Å². The van der Waals surface area contributed by atoms with Crippen molar-refractivity contribution >= 4 is 31.9 Å². The average Bonchev–Trinajstić information content (AvgIpc) is 2.34. The Hall–Kier alpha value is 0.140. The van der Waals surface area contributed by atoms with E-state index < -0.39 is 0 Å². The lowest BCUT2D eigenvalue weighted by Gasteiger charge is -2.28. The summed E-state index contributed by atoms with van der Waals surface area (Å²) in [6.07, 6.45) is 3.96. The Morgan fingerprint density at radius 3 is 2.65 bits per heavy atom. The molecule has 1 aliphatic rings. The van der Waals surface area contributed by atoms with Crippen LogP contribution in [0.4, 0.5) is 0 Å². The van der Waals surface area contributed by atoms with Gasteiger partial charge in [0.1, 0.15) is 0 Å². The summed E-state index contributed by atoms with van der Waals surface area (Å²) in [6, 6.07) is 4.46. The van der Waals surface area contributed by atoms with Gasteiger partial charge in [0.15, 0.2) is 0 Å². The molecule has 1 saturated heterocycles. The summed E-state index contributed by atoms with van der Waals surface area (Å²) in [6.45, 7) is 5.20. The van der Waals surface area contributed by atoms with E-state index in [9.17, 15) is 0 Å². The molecule has 2 unspecified atom stereocenters. The highest BCUT2D eigenvalue weighted by atomic mass is 79.9. The van der Waals surface area contributed by atoms with Gasteiger partial charge in [-0.1, -0.05) is 37.9 Å². The van der Waals surface area contributed by atoms with Crippen LogP contribution in [0, 0.1) is 13.8 Å². The summed E-state index contributed by atoms with van der Waals surface area (Å²) in [4.78, 5) is 0.314. The van der Waals surface area contributed by atoms with Crippen LogP contribution in [0.3, 0.4) is 0 Å². The highest BCUT2D eigenvalue weighted by molar-refractivity contribution is 9.10. The van der Waals surface area contributed by atoms with Crippen molar-refractivity contribution < 1.29 is 4.74 Å². The molecule has 17 heavy (non-hydrogen) atoms. The molecule has 1 aromatic carbocycles. The molecule has 2 rings (SSSR count). The van der Waals surface area contributed by atoms with Crippen molar-refractivity contribution in [3.8, 4) is 0 Å². The van der Waals surface area contributed by atoms with Crippen LogP contribution < -0.4 is 0 Å². The van der Waals surface area contributed by atoms with Crippen LogP contribution in [0.25, 0.3) is 0 Å². The molecule has 0 aromatic heterocycles. The van der Waals surface area contributed by atoms with Gasteiger partial charge >= 0.3 is 0 Å². The molecule has 0 radical (unpaired) electrons. The van der Waals surface area contributed by atoms with Crippen LogP contribution in [0.2, 0.25) is 0 Å². The Bertz CT molecular complexity index is 397. The first-order valence-electron chi connectivity index (χ1n) is 6.12. The van der Waals surface area contributed by atoms with Crippen molar-refractivity contribution in [2.24, 2.45) is 0 Å².